The number of hydrogen-bond acceptors (Lipinski definition) is 3. The first-order valence-electron chi connectivity index (χ1n) is 7.01. The minimum atomic E-state index is 0.441. The van der Waals surface area contributed by atoms with Crippen molar-refractivity contribution < 1.29 is 0 Å². The van der Waals surface area contributed by atoms with Crippen LogP contribution in [0.3, 0.4) is 0 Å². The predicted octanol–water partition coefficient (Wildman–Crippen LogP) is 2.95. The molecule has 1 heterocycles. The van der Waals surface area contributed by atoms with E-state index >= 15 is 0 Å². The van der Waals surface area contributed by atoms with Gasteiger partial charge in [-0.1, -0.05) is 27.2 Å². The van der Waals surface area contributed by atoms with Crippen LogP contribution in [0.15, 0.2) is 0 Å². The maximum atomic E-state index is 6.15. The fraction of sp³-hybridized carbons (Fsp3) is 0.786. The van der Waals surface area contributed by atoms with Crippen molar-refractivity contribution in [3.05, 3.63) is 5.69 Å². The second-order valence-corrected chi connectivity index (χ2v) is 6.29. The van der Waals surface area contributed by atoms with Crippen molar-refractivity contribution in [1.29, 1.82) is 0 Å². The Morgan fingerprint density at radius 1 is 1.50 bits per heavy atom. The lowest BCUT2D eigenvalue weighted by Gasteiger charge is -2.36. The van der Waals surface area contributed by atoms with E-state index in [2.05, 4.69) is 31.2 Å². The van der Waals surface area contributed by atoms with Crippen LogP contribution in [0, 0.1) is 5.41 Å². The van der Waals surface area contributed by atoms with Gasteiger partial charge in [0.1, 0.15) is 5.82 Å². The third-order valence-corrected chi connectivity index (χ3v) is 4.04. The Bertz CT molecular complexity index is 420. The van der Waals surface area contributed by atoms with E-state index in [9.17, 15) is 0 Å². The van der Waals surface area contributed by atoms with Crippen LogP contribution in [0.5, 0.6) is 0 Å². The number of aryl methyl sites for hydroxylation is 2. The molecule has 1 aliphatic rings. The molecule has 1 fully saturated rings. The molecule has 0 radical (unpaired) electrons. The number of nitrogens with two attached hydrogens (primary N) is 1. The number of nitrogens with one attached hydrogen (secondary N) is 1. The molecular weight excluding hydrogens is 224 g/mol. The van der Waals surface area contributed by atoms with E-state index in [-0.39, 0.29) is 0 Å². The van der Waals surface area contributed by atoms with Gasteiger partial charge in [-0.15, -0.1) is 0 Å². The molecule has 1 unspecified atom stereocenters. The van der Waals surface area contributed by atoms with Gasteiger partial charge in [-0.2, -0.15) is 5.10 Å². The zero-order chi connectivity index (χ0) is 13.3. The van der Waals surface area contributed by atoms with E-state index in [0.717, 1.165) is 23.6 Å². The summed E-state index contributed by atoms with van der Waals surface area (Å²) in [5.74, 6) is 0.995. The predicted molar refractivity (Wildman–Crippen MR) is 76.7 cm³/mol. The fourth-order valence-electron chi connectivity index (χ4n) is 3.04. The highest BCUT2D eigenvalue weighted by Gasteiger charge is 2.28. The monoisotopic (exact) mass is 250 g/mol. The molecule has 1 atom stereocenters. The second-order valence-electron chi connectivity index (χ2n) is 6.29. The summed E-state index contributed by atoms with van der Waals surface area (Å²) in [5, 5.41) is 8.06. The van der Waals surface area contributed by atoms with Gasteiger partial charge in [0.2, 0.25) is 0 Å². The molecule has 0 saturated heterocycles. The summed E-state index contributed by atoms with van der Waals surface area (Å²) in [7, 11) is 1.96. The van der Waals surface area contributed by atoms with Gasteiger partial charge < -0.3 is 11.1 Å². The Balaban J connectivity index is 2.12. The van der Waals surface area contributed by atoms with Gasteiger partial charge in [-0.05, 0) is 31.1 Å². The van der Waals surface area contributed by atoms with Crippen molar-refractivity contribution in [1.82, 2.24) is 9.78 Å². The summed E-state index contributed by atoms with van der Waals surface area (Å²) in [5.41, 5.74) is 8.41. The smallest absolute Gasteiger partial charge is 0.147 e. The Labute approximate surface area is 110 Å². The lowest BCUT2D eigenvalue weighted by molar-refractivity contribution is 0.229. The van der Waals surface area contributed by atoms with Gasteiger partial charge in [0, 0.05) is 13.1 Å². The summed E-state index contributed by atoms with van der Waals surface area (Å²) in [6.45, 7) is 6.79. The highest BCUT2D eigenvalue weighted by atomic mass is 15.3. The van der Waals surface area contributed by atoms with Gasteiger partial charge >= 0.3 is 0 Å². The highest BCUT2D eigenvalue weighted by molar-refractivity contribution is 5.65. The van der Waals surface area contributed by atoms with Gasteiger partial charge in [0.05, 0.1) is 11.4 Å². The van der Waals surface area contributed by atoms with E-state index in [1.54, 1.807) is 0 Å². The van der Waals surface area contributed by atoms with Crippen LogP contribution in [-0.2, 0) is 13.5 Å². The van der Waals surface area contributed by atoms with Crippen molar-refractivity contribution >= 4 is 11.5 Å². The lowest BCUT2D eigenvalue weighted by atomic mass is 9.75. The molecule has 3 N–H and O–H groups in total. The Morgan fingerprint density at radius 2 is 2.22 bits per heavy atom. The number of nitrogens with zero attached hydrogens (tertiary/aromatic N) is 2. The van der Waals surface area contributed by atoms with Gasteiger partial charge in [0.25, 0.3) is 0 Å². The van der Waals surface area contributed by atoms with Crippen molar-refractivity contribution in [3.8, 4) is 0 Å². The molecule has 1 aromatic heterocycles. The third kappa shape index (κ3) is 2.62. The zero-order valence-electron chi connectivity index (χ0n) is 12.1. The van der Waals surface area contributed by atoms with E-state index in [0.29, 0.717) is 11.5 Å². The molecular formula is C14H26N4. The summed E-state index contributed by atoms with van der Waals surface area (Å²) in [6.07, 6.45) is 5.95. The molecule has 0 bridgehead atoms. The molecule has 4 heteroatoms. The first kappa shape index (κ1) is 13.2. The standard InChI is InChI=1S/C14H26N4/c1-5-11-12(15)13(18(4)17-11)16-10-7-6-8-14(2,3)9-10/h10,16H,5-9,15H2,1-4H3. The average Bonchev–Trinajstić information content (AvgIpc) is 2.55. The molecule has 0 aromatic carbocycles. The topological polar surface area (TPSA) is 55.9 Å². The van der Waals surface area contributed by atoms with Gasteiger partial charge in [-0.3, -0.25) is 4.68 Å². The van der Waals surface area contributed by atoms with Crippen LogP contribution < -0.4 is 11.1 Å². The maximum Gasteiger partial charge on any atom is 0.147 e. The Kier molecular flexibility index (Phi) is 3.55. The van der Waals surface area contributed by atoms with E-state index in [4.69, 9.17) is 5.73 Å². The zero-order valence-corrected chi connectivity index (χ0v) is 12.1. The number of anilines is 2. The number of rotatable bonds is 3. The molecule has 102 valence electrons. The molecule has 1 aromatic rings. The lowest BCUT2D eigenvalue weighted by Crippen LogP contribution is -2.32. The largest absolute Gasteiger partial charge is 0.394 e. The minimum absolute atomic E-state index is 0.441. The molecule has 2 rings (SSSR count). The first-order chi connectivity index (χ1) is 8.43. The summed E-state index contributed by atoms with van der Waals surface area (Å²) < 4.78 is 1.88. The number of aromatic nitrogens is 2. The fourth-order valence-corrected chi connectivity index (χ4v) is 3.04. The Morgan fingerprint density at radius 3 is 2.78 bits per heavy atom. The van der Waals surface area contributed by atoms with E-state index < -0.39 is 0 Å². The van der Waals surface area contributed by atoms with Crippen LogP contribution in [0.2, 0.25) is 0 Å². The van der Waals surface area contributed by atoms with E-state index in [1.165, 1.54) is 25.7 Å². The molecule has 0 amide bonds. The molecule has 4 nitrogen and oxygen atoms in total. The summed E-state index contributed by atoms with van der Waals surface area (Å²) >= 11 is 0. The second kappa shape index (κ2) is 4.82. The van der Waals surface area contributed by atoms with Crippen molar-refractivity contribution in [2.45, 2.75) is 58.9 Å². The average molecular weight is 250 g/mol. The van der Waals surface area contributed by atoms with Crippen molar-refractivity contribution in [3.63, 3.8) is 0 Å². The Hall–Kier alpha value is -1.19. The highest BCUT2D eigenvalue weighted by Crippen LogP contribution is 2.37. The third-order valence-electron chi connectivity index (χ3n) is 4.04. The van der Waals surface area contributed by atoms with Crippen LogP contribution >= 0.6 is 0 Å². The van der Waals surface area contributed by atoms with Crippen molar-refractivity contribution in [2.75, 3.05) is 11.1 Å². The molecule has 1 aliphatic carbocycles. The van der Waals surface area contributed by atoms with Gasteiger partial charge in [-0.25, -0.2) is 0 Å². The van der Waals surface area contributed by atoms with Crippen LogP contribution in [0.4, 0.5) is 11.5 Å². The molecule has 0 aliphatic heterocycles. The van der Waals surface area contributed by atoms with Crippen LogP contribution in [0.25, 0.3) is 0 Å². The SMILES string of the molecule is CCc1nn(C)c(NC2CCCC(C)(C)C2)c1N. The quantitative estimate of drug-likeness (QED) is 0.867. The summed E-state index contributed by atoms with van der Waals surface area (Å²) in [4.78, 5) is 0. The molecule has 1 saturated carbocycles. The van der Waals surface area contributed by atoms with Crippen LogP contribution in [0.1, 0.15) is 52.1 Å². The molecule has 0 spiro atoms. The minimum Gasteiger partial charge on any atom is -0.394 e. The summed E-state index contributed by atoms with van der Waals surface area (Å²) in [6, 6.07) is 0.524. The number of nitrogen functional groups attached to an aromatic ring is 1. The first-order valence-corrected chi connectivity index (χ1v) is 7.01. The van der Waals surface area contributed by atoms with Crippen molar-refractivity contribution in [2.24, 2.45) is 12.5 Å². The number of hydrogen-bond donors (Lipinski definition) is 2. The van der Waals surface area contributed by atoms with Crippen LogP contribution in [-0.4, -0.2) is 15.8 Å². The molecule has 18 heavy (non-hydrogen) atoms. The van der Waals surface area contributed by atoms with Gasteiger partial charge in [0.15, 0.2) is 0 Å². The van der Waals surface area contributed by atoms with E-state index in [1.807, 2.05) is 11.7 Å². The maximum absolute atomic E-state index is 6.15. The normalized spacial score (nSPS) is 23.0.